The maximum absolute atomic E-state index is 11.2. The molecule has 0 heterocycles. The number of Topliss-reactive ketones (excluding diaryl/α,β-unsaturated/α-hetero) is 1. The minimum Gasteiger partial charge on any atom is -0.358 e. The van der Waals surface area contributed by atoms with Crippen LogP contribution in [0.25, 0.3) is 0 Å². The minimum atomic E-state index is 0.0568. The Kier molecular flexibility index (Phi) is 4.85. The number of hydrogen-bond acceptors (Lipinski definition) is 2. The number of thiocarbonyl (C=S) groups is 1. The second-order valence-electron chi connectivity index (χ2n) is 4.43. The summed E-state index contributed by atoms with van der Waals surface area (Å²) in [5, 5.41) is 6.79. The van der Waals surface area contributed by atoms with Gasteiger partial charge in [0.1, 0.15) is 0 Å². The van der Waals surface area contributed by atoms with Gasteiger partial charge >= 0.3 is 0 Å². The SMILES string of the molecule is CC(=O)c1ccc(NC(=S)NCc2ccccc2)cc1. The summed E-state index contributed by atoms with van der Waals surface area (Å²) in [5.41, 5.74) is 2.72. The van der Waals surface area contributed by atoms with Gasteiger partial charge in [0.25, 0.3) is 0 Å². The highest BCUT2D eigenvalue weighted by atomic mass is 32.1. The van der Waals surface area contributed by atoms with Crippen LogP contribution in [0, 0.1) is 0 Å². The third-order valence-electron chi connectivity index (χ3n) is 2.85. The molecule has 0 unspecified atom stereocenters. The molecule has 0 bridgehead atoms. The molecule has 102 valence electrons. The molecular formula is C16H16N2OS. The Morgan fingerprint density at radius 1 is 1.05 bits per heavy atom. The van der Waals surface area contributed by atoms with Crippen molar-refractivity contribution in [2.24, 2.45) is 0 Å². The van der Waals surface area contributed by atoms with Crippen molar-refractivity contribution in [1.82, 2.24) is 5.32 Å². The molecule has 20 heavy (non-hydrogen) atoms. The summed E-state index contributed by atoms with van der Waals surface area (Å²) < 4.78 is 0. The van der Waals surface area contributed by atoms with E-state index < -0.39 is 0 Å². The van der Waals surface area contributed by atoms with Crippen molar-refractivity contribution in [1.29, 1.82) is 0 Å². The van der Waals surface area contributed by atoms with Crippen LogP contribution < -0.4 is 10.6 Å². The molecule has 2 N–H and O–H groups in total. The van der Waals surface area contributed by atoms with Crippen molar-refractivity contribution < 1.29 is 4.79 Å². The molecule has 0 aliphatic rings. The van der Waals surface area contributed by atoms with Gasteiger partial charge in [0.2, 0.25) is 0 Å². The molecular weight excluding hydrogens is 268 g/mol. The number of ketones is 1. The van der Waals surface area contributed by atoms with Gasteiger partial charge in [0, 0.05) is 17.8 Å². The fourth-order valence-electron chi connectivity index (χ4n) is 1.74. The van der Waals surface area contributed by atoms with Crippen LogP contribution in [0.2, 0.25) is 0 Å². The molecule has 2 aromatic carbocycles. The quantitative estimate of drug-likeness (QED) is 0.667. The first-order valence-corrected chi connectivity index (χ1v) is 6.76. The van der Waals surface area contributed by atoms with Crippen molar-refractivity contribution in [3.63, 3.8) is 0 Å². The molecule has 0 fully saturated rings. The van der Waals surface area contributed by atoms with Crippen molar-refractivity contribution in [2.45, 2.75) is 13.5 Å². The van der Waals surface area contributed by atoms with E-state index in [2.05, 4.69) is 10.6 Å². The Balaban J connectivity index is 1.86. The third kappa shape index (κ3) is 4.17. The summed E-state index contributed by atoms with van der Waals surface area (Å²) in [4.78, 5) is 11.2. The lowest BCUT2D eigenvalue weighted by Gasteiger charge is -2.10. The maximum Gasteiger partial charge on any atom is 0.171 e. The fraction of sp³-hybridized carbons (Fsp3) is 0.125. The van der Waals surface area contributed by atoms with Crippen molar-refractivity contribution in [2.75, 3.05) is 5.32 Å². The van der Waals surface area contributed by atoms with E-state index in [9.17, 15) is 4.79 Å². The van der Waals surface area contributed by atoms with Crippen molar-refractivity contribution in [3.05, 3.63) is 65.7 Å². The molecule has 0 aromatic heterocycles. The van der Waals surface area contributed by atoms with E-state index in [-0.39, 0.29) is 5.78 Å². The molecule has 4 heteroatoms. The lowest BCUT2D eigenvalue weighted by molar-refractivity contribution is 0.101. The fourth-order valence-corrected chi connectivity index (χ4v) is 1.93. The Morgan fingerprint density at radius 2 is 1.70 bits per heavy atom. The van der Waals surface area contributed by atoms with E-state index in [1.165, 1.54) is 5.56 Å². The van der Waals surface area contributed by atoms with Gasteiger partial charge in [-0.3, -0.25) is 4.79 Å². The normalized spacial score (nSPS) is 9.85. The molecule has 0 aliphatic heterocycles. The van der Waals surface area contributed by atoms with Crippen LogP contribution in [0.1, 0.15) is 22.8 Å². The highest BCUT2D eigenvalue weighted by Gasteiger charge is 2.00. The Bertz CT molecular complexity index is 594. The predicted molar refractivity (Wildman–Crippen MR) is 85.9 cm³/mol. The molecule has 0 amide bonds. The van der Waals surface area contributed by atoms with Gasteiger partial charge in [-0.2, -0.15) is 0 Å². The van der Waals surface area contributed by atoms with E-state index in [1.807, 2.05) is 42.5 Å². The topological polar surface area (TPSA) is 41.1 Å². The predicted octanol–water partition coefficient (Wildman–Crippen LogP) is 3.38. The Morgan fingerprint density at radius 3 is 2.30 bits per heavy atom. The number of carbonyl (C=O) groups is 1. The average molecular weight is 284 g/mol. The smallest absolute Gasteiger partial charge is 0.171 e. The van der Waals surface area contributed by atoms with Crippen LogP contribution >= 0.6 is 12.2 Å². The maximum atomic E-state index is 11.2. The monoisotopic (exact) mass is 284 g/mol. The van der Waals surface area contributed by atoms with Gasteiger partial charge in [-0.1, -0.05) is 30.3 Å². The molecule has 0 saturated carbocycles. The van der Waals surface area contributed by atoms with Gasteiger partial charge < -0.3 is 10.6 Å². The Labute approximate surface area is 124 Å². The van der Waals surface area contributed by atoms with Crippen LogP contribution in [0.5, 0.6) is 0 Å². The number of hydrogen-bond donors (Lipinski definition) is 2. The summed E-state index contributed by atoms with van der Waals surface area (Å²) in [5.74, 6) is 0.0568. The van der Waals surface area contributed by atoms with Gasteiger partial charge in [0.15, 0.2) is 10.9 Å². The van der Waals surface area contributed by atoms with Crippen LogP contribution in [0.3, 0.4) is 0 Å². The van der Waals surface area contributed by atoms with Crippen LogP contribution in [0.15, 0.2) is 54.6 Å². The van der Waals surface area contributed by atoms with E-state index in [0.717, 1.165) is 5.69 Å². The molecule has 0 spiro atoms. The van der Waals surface area contributed by atoms with E-state index in [0.29, 0.717) is 17.2 Å². The summed E-state index contributed by atoms with van der Waals surface area (Å²) in [6, 6.07) is 17.3. The highest BCUT2D eigenvalue weighted by molar-refractivity contribution is 7.80. The summed E-state index contributed by atoms with van der Waals surface area (Å²) >= 11 is 5.23. The summed E-state index contributed by atoms with van der Waals surface area (Å²) in [7, 11) is 0. The summed E-state index contributed by atoms with van der Waals surface area (Å²) in [6.07, 6.45) is 0. The zero-order chi connectivity index (χ0) is 14.4. The second-order valence-corrected chi connectivity index (χ2v) is 4.84. The standard InChI is InChI=1S/C16H16N2OS/c1-12(19)14-7-9-15(10-8-14)18-16(20)17-11-13-5-3-2-4-6-13/h2-10H,11H2,1H3,(H2,17,18,20). The molecule has 0 radical (unpaired) electrons. The number of rotatable bonds is 4. The molecule has 0 atom stereocenters. The largest absolute Gasteiger partial charge is 0.358 e. The van der Waals surface area contributed by atoms with E-state index in [1.54, 1.807) is 19.1 Å². The molecule has 0 aliphatic carbocycles. The van der Waals surface area contributed by atoms with Crippen molar-refractivity contribution >= 4 is 28.8 Å². The van der Waals surface area contributed by atoms with Crippen LogP contribution in [-0.2, 0) is 6.54 Å². The zero-order valence-corrected chi connectivity index (χ0v) is 12.0. The molecule has 3 nitrogen and oxygen atoms in total. The molecule has 2 rings (SSSR count). The van der Waals surface area contributed by atoms with Crippen molar-refractivity contribution in [3.8, 4) is 0 Å². The number of anilines is 1. The number of carbonyl (C=O) groups excluding carboxylic acids is 1. The van der Waals surface area contributed by atoms with Crippen LogP contribution in [-0.4, -0.2) is 10.9 Å². The lowest BCUT2D eigenvalue weighted by atomic mass is 10.1. The average Bonchev–Trinajstić information content (AvgIpc) is 2.47. The van der Waals surface area contributed by atoms with Gasteiger partial charge in [-0.05, 0) is 49.0 Å². The molecule has 0 saturated heterocycles. The first kappa shape index (κ1) is 14.2. The Hall–Kier alpha value is -2.20. The molecule has 2 aromatic rings. The van der Waals surface area contributed by atoms with E-state index >= 15 is 0 Å². The van der Waals surface area contributed by atoms with Gasteiger partial charge in [-0.25, -0.2) is 0 Å². The summed E-state index contributed by atoms with van der Waals surface area (Å²) in [6.45, 7) is 2.23. The number of benzene rings is 2. The first-order valence-electron chi connectivity index (χ1n) is 6.35. The first-order chi connectivity index (χ1) is 9.65. The minimum absolute atomic E-state index is 0.0568. The van der Waals surface area contributed by atoms with Crippen LogP contribution in [0.4, 0.5) is 5.69 Å². The van der Waals surface area contributed by atoms with Gasteiger partial charge in [0.05, 0.1) is 0 Å². The van der Waals surface area contributed by atoms with Gasteiger partial charge in [-0.15, -0.1) is 0 Å². The highest BCUT2D eigenvalue weighted by Crippen LogP contribution is 2.10. The second kappa shape index (κ2) is 6.82. The third-order valence-corrected chi connectivity index (χ3v) is 3.09. The lowest BCUT2D eigenvalue weighted by Crippen LogP contribution is -2.27. The van der Waals surface area contributed by atoms with E-state index in [4.69, 9.17) is 12.2 Å². The number of nitrogens with one attached hydrogen (secondary N) is 2. The zero-order valence-electron chi connectivity index (χ0n) is 11.2.